The molecular weight excluding hydrogens is 263 g/mol. The number of rotatable bonds is 3. The Hall–Kier alpha value is -1.59. The third-order valence-electron chi connectivity index (χ3n) is 4.15. The molecule has 1 aliphatic rings. The number of nitrogens with two attached hydrogens (primary N) is 1. The van der Waals surface area contributed by atoms with Gasteiger partial charge in [0.15, 0.2) is 0 Å². The highest BCUT2D eigenvalue weighted by Gasteiger charge is 2.51. The van der Waals surface area contributed by atoms with E-state index in [2.05, 4.69) is 4.99 Å². The fraction of sp³-hybridized carbons (Fsp3) is 0.438. The molecule has 1 aromatic rings. The molecule has 1 heterocycles. The summed E-state index contributed by atoms with van der Waals surface area (Å²) in [6.45, 7) is 8.18. The van der Waals surface area contributed by atoms with E-state index in [0.29, 0.717) is 5.70 Å². The Morgan fingerprint density at radius 1 is 1.19 bits per heavy atom. The maximum atomic E-state index is 6.06. The lowest BCUT2D eigenvalue weighted by Gasteiger charge is -2.32. The molecule has 112 valence electrons. The summed E-state index contributed by atoms with van der Waals surface area (Å²) in [5.41, 5.74) is 7.92. The molecule has 0 aromatic heterocycles. The van der Waals surface area contributed by atoms with E-state index in [-0.39, 0.29) is 18.3 Å². The van der Waals surface area contributed by atoms with Crippen LogP contribution in [0.5, 0.6) is 0 Å². The first-order valence-corrected chi connectivity index (χ1v) is 7.11. The number of hydrogen-bond acceptors (Lipinski definition) is 4. The van der Waals surface area contributed by atoms with Crippen molar-refractivity contribution in [2.75, 3.05) is 7.05 Å². The summed E-state index contributed by atoms with van der Waals surface area (Å²) in [4.78, 5) is 3.91. The molecule has 2 rings (SSSR count). The van der Waals surface area contributed by atoms with E-state index in [1.165, 1.54) is 0 Å². The predicted molar refractivity (Wildman–Crippen MR) is 88.7 cm³/mol. The molecule has 2 N–H and O–H groups in total. The summed E-state index contributed by atoms with van der Waals surface area (Å²) < 4.78 is 12.1. The van der Waals surface area contributed by atoms with Crippen molar-refractivity contribution >= 4 is 24.5 Å². The largest absolute Gasteiger partial charge is 0.494 e. The molecule has 0 bridgehead atoms. The summed E-state index contributed by atoms with van der Waals surface area (Å²) in [6, 6.07) is 7.91. The molecule has 0 radical (unpaired) electrons. The van der Waals surface area contributed by atoms with Gasteiger partial charge in [0.2, 0.25) is 0 Å². The van der Waals surface area contributed by atoms with Crippen LogP contribution in [0.25, 0.3) is 5.70 Å². The van der Waals surface area contributed by atoms with E-state index in [9.17, 15) is 0 Å². The van der Waals surface area contributed by atoms with Crippen molar-refractivity contribution in [2.24, 2.45) is 10.7 Å². The van der Waals surface area contributed by atoms with Crippen molar-refractivity contribution in [2.45, 2.75) is 38.9 Å². The molecule has 0 spiro atoms. The SMILES string of the molecule is CN=CC=C(N)c1cccc(B2OC(C)(C)C(C)(C)O2)c1. The monoisotopic (exact) mass is 286 g/mol. The van der Waals surface area contributed by atoms with Gasteiger partial charge in [-0.05, 0) is 44.8 Å². The summed E-state index contributed by atoms with van der Waals surface area (Å²) in [7, 11) is 1.34. The zero-order valence-electron chi connectivity index (χ0n) is 13.4. The zero-order valence-corrected chi connectivity index (χ0v) is 13.4. The second-order valence-electron chi connectivity index (χ2n) is 6.24. The molecule has 0 atom stereocenters. The van der Waals surface area contributed by atoms with Crippen LogP contribution in [0.1, 0.15) is 33.3 Å². The van der Waals surface area contributed by atoms with Gasteiger partial charge in [0.1, 0.15) is 0 Å². The second kappa shape index (κ2) is 5.66. The molecule has 0 aliphatic carbocycles. The van der Waals surface area contributed by atoms with Crippen LogP contribution in [0.15, 0.2) is 35.3 Å². The normalized spacial score (nSPS) is 21.2. The first-order valence-electron chi connectivity index (χ1n) is 7.11. The summed E-state index contributed by atoms with van der Waals surface area (Å²) in [6.07, 6.45) is 3.46. The Bertz CT molecular complexity index is 563. The molecule has 4 nitrogen and oxygen atoms in total. The number of allylic oxidation sites excluding steroid dienone is 1. The molecule has 5 heteroatoms. The van der Waals surface area contributed by atoms with Gasteiger partial charge in [-0.3, -0.25) is 4.99 Å². The van der Waals surface area contributed by atoms with Gasteiger partial charge >= 0.3 is 7.12 Å². The maximum absolute atomic E-state index is 6.06. The van der Waals surface area contributed by atoms with Crippen molar-refractivity contribution in [3.8, 4) is 0 Å². The first-order chi connectivity index (χ1) is 9.77. The Morgan fingerprint density at radius 2 is 1.81 bits per heavy atom. The van der Waals surface area contributed by atoms with Crippen molar-refractivity contribution in [3.63, 3.8) is 0 Å². The van der Waals surface area contributed by atoms with Crippen molar-refractivity contribution in [1.29, 1.82) is 0 Å². The average molecular weight is 286 g/mol. The predicted octanol–water partition coefficient (Wildman–Crippen LogP) is 1.99. The highest BCUT2D eigenvalue weighted by Crippen LogP contribution is 2.36. The average Bonchev–Trinajstić information content (AvgIpc) is 2.65. The summed E-state index contributed by atoms with van der Waals surface area (Å²) in [5, 5.41) is 0. The van der Waals surface area contributed by atoms with E-state index in [0.717, 1.165) is 11.0 Å². The summed E-state index contributed by atoms with van der Waals surface area (Å²) >= 11 is 0. The van der Waals surface area contributed by atoms with Crippen LogP contribution in [0.2, 0.25) is 0 Å². The van der Waals surface area contributed by atoms with Crippen molar-refractivity contribution in [1.82, 2.24) is 0 Å². The quantitative estimate of drug-likeness (QED) is 0.683. The van der Waals surface area contributed by atoms with Crippen LogP contribution in [-0.2, 0) is 9.31 Å². The number of hydrogen-bond donors (Lipinski definition) is 1. The van der Waals surface area contributed by atoms with E-state index in [1.54, 1.807) is 19.3 Å². The molecule has 1 aromatic carbocycles. The van der Waals surface area contributed by atoms with Crippen molar-refractivity contribution < 1.29 is 9.31 Å². The fourth-order valence-corrected chi connectivity index (χ4v) is 2.10. The van der Waals surface area contributed by atoms with Gasteiger partial charge < -0.3 is 15.0 Å². The lowest BCUT2D eigenvalue weighted by atomic mass is 9.78. The highest BCUT2D eigenvalue weighted by molar-refractivity contribution is 6.62. The first kappa shape index (κ1) is 15.8. The van der Waals surface area contributed by atoms with Crippen LogP contribution in [0, 0.1) is 0 Å². The minimum absolute atomic E-state index is 0.343. The number of aliphatic imine (C=N–C) groups is 1. The van der Waals surface area contributed by atoms with Crippen LogP contribution in [0.3, 0.4) is 0 Å². The van der Waals surface area contributed by atoms with Crippen molar-refractivity contribution in [3.05, 3.63) is 35.9 Å². The minimum atomic E-state index is -0.373. The van der Waals surface area contributed by atoms with E-state index in [4.69, 9.17) is 15.0 Å². The van der Waals surface area contributed by atoms with Crippen LogP contribution >= 0.6 is 0 Å². The fourth-order valence-electron chi connectivity index (χ4n) is 2.10. The van der Waals surface area contributed by atoms with E-state index >= 15 is 0 Å². The number of benzene rings is 1. The Kier molecular flexibility index (Phi) is 4.26. The molecule has 21 heavy (non-hydrogen) atoms. The van der Waals surface area contributed by atoms with Gasteiger partial charge in [-0.1, -0.05) is 24.3 Å². The third kappa shape index (κ3) is 3.19. The van der Waals surface area contributed by atoms with Gasteiger partial charge in [0, 0.05) is 19.0 Å². The lowest BCUT2D eigenvalue weighted by Crippen LogP contribution is -2.41. The smallest absolute Gasteiger partial charge is 0.399 e. The molecule has 1 aliphatic heterocycles. The van der Waals surface area contributed by atoms with Gasteiger partial charge in [-0.25, -0.2) is 0 Å². The molecule has 0 unspecified atom stereocenters. The second-order valence-corrected chi connectivity index (χ2v) is 6.24. The van der Waals surface area contributed by atoms with Crippen LogP contribution in [0.4, 0.5) is 0 Å². The molecule has 0 saturated carbocycles. The lowest BCUT2D eigenvalue weighted by molar-refractivity contribution is 0.00578. The molecule has 1 saturated heterocycles. The number of nitrogens with zero attached hydrogens (tertiary/aromatic N) is 1. The standard InChI is InChI=1S/C16H23BN2O2/c1-15(2)16(3,4)21-17(20-15)13-8-6-7-12(11-13)14(18)9-10-19-5/h6-11H,18H2,1-5H3. The topological polar surface area (TPSA) is 56.8 Å². The van der Waals surface area contributed by atoms with Gasteiger partial charge in [0.05, 0.1) is 11.2 Å². The van der Waals surface area contributed by atoms with Gasteiger partial charge in [0.25, 0.3) is 0 Å². The Balaban J connectivity index is 2.27. The van der Waals surface area contributed by atoms with Crippen LogP contribution < -0.4 is 11.2 Å². The van der Waals surface area contributed by atoms with Gasteiger partial charge in [-0.2, -0.15) is 0 Å². The van der Waals surface area contributed by atoms with E-state index < -0.39 is 0 Å². The Morgan fingerprint density at radius 3 is 2.38 bits per heavy atom. The highest BCUT2D eigenvalue weighted by atomic mass is 16.7. The zero-order chi connectivity index (χ0) is 15.7. The molecule has 1 fully saturated rings. The summed E-state index contributed by atoms with van der Waals surface area (Å²) in [5.74, 6) is 0. The maximum Gasteiger partial charge on any atom is 0.494 e. The van der Waals surface area contributed by atoms with E-state index in [1.807, 2.05) is 52.0 Å². The minimum Gasteiger partial charge on any atom is -0.399 e. The molecular formula is C16H23BN2O2. The molecule has 0 amide bonds. The van der Waals surface area contributed by atoms with Gasteiger partial charge in [-0.15, -0.1) is 0 Å². The Labute approximate surface area is 127 Å². The van der Waals surface area contributed by atoms with Crippen LogP contribution in [-0.4, -0.2) is 31.6 Å². The third-order valence-corrected chi connectivity index (χ3v) is 4.15.